The van der Waals surface area contributed by atoms with Gasteiger partial charge in [0.25, 0.3) is 0 Å². The summed E-state index contributed by atoms with van der Waals surface area (Å²) < 4.78 is 0. The average molecular weight is 410 g/mol. The average Bonchev–Trinajstić information content (AvgIpc) is 3.31. The van der Waals surface area contributed by atoms with Crippen LogP contribution in [0.3, 0.4) is 0 Å². The maximum atomic E-state index is 12.3. The molecule has 0 spiro atoms. The summed E-state index contributed by atoms with van der Waals surface area (Å²) in [5, 5.41) is 3.29. The van der Waals surface area contributed by atoms with Gasteiger partial charge in [0.2, 0.25) is 5.91 Å². The van der Waals surface area contributed by atoms with Gasteiger partial charge in [-0.3, -0.25) is 9.69 Å². The molecule has 1 heterocycles. The highest BCUT2D eigenvalue weighted by Crippen LogP contribution is 2.28. The van der Waals surface area contributed by atoms with E-state index in [1.165, 1.54) is 55.7 Å². The number of piperazine rings is 1. The second-order valence-corrected chi connectivity index (χ2v) is 9.70. The third-order valence-corrected chi connectivity index (χ3v) is 7.60. The van der Waals surface area contributed by atoms with Crippen molar-refractivity contribution in [3.05, 3.63) is 41.0 Å². The van der Waals surface area contributed by atoms with Gasteiger partial charge in [-0.2, -0.15) is 0 Å². The van der Waals surface area contributed by atoms with Crippen LogP contribution in [0.2, 0.25) is 0 Å². The molecule has 0 radical (unpaired) electrons. The Hall–Kier alpha value is -1.81. The first-order chi connectivity index (χ1) is 14.6. The Balaban J connectivity index is 1.13. The molecule has 0 unspecified atom stereocenters. The number of anilines is 1. The van der Waals surface area contributed by atoms with Crippen molar-refractivity contribution in [1.82, 2.24) is 10.2 Å². The first-order valence-electron chi connectivity index (χ1n) is 12.1. The van der Waals surface area contributed by atoms with E-state index in [-0.39, 0.29) is 5.91 Å². The van der Waals surface area contributed by atoms with Crippen molar-refractivity contribution in [2.24, 2.45) is 5.92 Å². The van der Waals surface area contributed by atoms with Gasteiger partial charge in [0, 0.05) is 43.5 Å². The number of carbonyl (C=O) groups excluding carboxylic acids is 1. The van der Waals surface area contributed by atoms with Crippen molar-refractivity contribution in [3.63, 3.8) is 0 Å². The van der Waals surface area contributed by atoms with E-state index >= 15 is 0 Å². The highest BCUT2D eigenvalue weighted by molar-refractivity contribution is 5.93. The van der Waals surface area contributed by atoms with Gasteiger partial charge in [-0.25, -0.2) is 0 Å². The van der Waals surface area contributed by atoms with E-state index in [1.54, 1.807) is 0 Å². The standard InChI is InChI=1S/C26H39N3O/c1-20-7-12-25(19-21(20)2)29-17-15-28(16-18-29)14-13-22-8-10-24(11-9-22)27-26(30)23-5-3-4-6-23/h5,7,12,19,22,24H,3-4,6,8-11,13-18H2,1-2H3,(H,27,30). The number of amides is 1. The van der Waals surface area contributed by atoms with Gasteiger partial charge in [-0.05, 0) is 101 Å². The molecular weight excluding hydrogens is 370 g/mol. The van der Waals surface area contributed by atoms with Crippen LogP contribution < -0.4 is 10.2 Å². The Morgan fingerprint density at radius 2 is 1.80 bits per heavy atom. The molecule has 30 heavy (non-hydrogen) atoms. The Morgan fingerprint density at radius 3 is 2.47 bits per heavy atom. The van der Waals surface area contributed by atoms with Crippen LogP contribution >= 0.6 is 0 Å². The number of benzene rings is 1. The number of carbonyl (C=O) groups is 1. The third kappa shape index (κ3) is 5.46. The van der Waals surface area contributed by atoms with Crippen molar-refractivity contribution in [1.29, 1.82) is 0 Å². The number of nitrogens with one attached hydrogen (secondary N) is 1. The van der Waals surface area contributed by atoms with Crippen molar-refractivity contribution in [2.45, 2.75) is 71.3 Å². The number of allylic oxidation sites excluding steroid dienone is 1. The predicted octanol–water partition coefficient (Wildman–Crippen LogP) is 4.60. The lowest BCUT2D eigenvalue weighted by Gasteiger charge is -2.37. The van der Waals surface area contributed by atoms with E-state index in [1.807, 2.05) is 0 Å². The van der Waals surface area contributed by atoms with Gasteiger partial charge in [-0.1, -0.05) is 12.1 Å². The van der Waals surface area contributed by atoms with E-state index in [2.05, 4.69) is 53.2 Å². The molecule has 1 saturated carbocycles. The highest BCUT2D eigenvalue weighted by atomic mass is 16.1. The fourth-order valence-corrected chi connectivity index (χ4v) is 5.27. The minimum absolute atomic E-state index is 0.206. The Kier molecular flexibility index (Phi) is 7.14. The molecule has 1 aromatic carbocycles. The molecule has 4 rings (SSSR count). The van der Waals surface area contributed by atoms with Gasteiger partial charge in [0.1, 0.15) is 0 Å². The largest absolute Gasteiger partial charge is 0.369 e. The zero-order valence-corrected chi connectivity index (χ0v) is 19.0. The van der Waals surface area contributed by atoms with Crippen molar-refractivity contribution in [3.8, 4) is 0 Å². The van der Waals surface area contributed by atoms with Crippen LogP contribution in [0, 0.1) is 19.8 Å². The lowest BCUT2D eigenvalue weighted by Crippen LogP contribution is -2.47. The van der Waals surface area contributed by atoms with Crippen LogP contribution in [-0.2, 0) is 4.79 Å². The number of nitrogens with zero attached hydrogens (tertiary/aromatic N) is 2. The van der Waals surface area contributed by atoms with E-state index in [4.69, 9.17) is 0 Å². The summed E-state index contributed by atoms with van der Waals surface area (Å²) in [6.45, 7) is 10.2. The molecule has 2 fully saturated rings. The van der Waals surface area contributed by atoms with Crippen molar-refractivity contribution in [2.75, 3.05) is 37.6 Å². The number of rotatable bonds is 6. The maximum absolute atomic E-state index is 12.3. The summed E-state index contributed by atoms with van der Waals surface area (Å²) >= 11 is 0. The van der Waals surface area contributed by atoms with Gasteiger partial charge in [0.05, 0.1) is 0 Å². The summed E-state index contributed by atoms with van der Waals surface area (Å²) in [5.74, 6) is 1.04. The maximum Gasteiger partial charge on any atom is 0.247 e. The molecule has 3 aliphatic rings. The fourth-order valence-electron chi connectivity index (χ4n) is 5.27. The highest BCUT2D eigenvalue weighted by Gasteiger charge is 2.25. The smallest absolute Gasteiger partial charge is 0.247 e. The SMILES string of the molecule is Cc1ccc(N2CCN(CCC3CCC(NC(=O)C4=CCCC4)CC3)CC2)cc1C. The molecule has 4 nitrogen and oxygen atoms in total. The fraction of sp³-hybridized carbons (Fsp3) is 0.654. The molecule has 4 heteroatoms. The molecule has 1 amide bonds. The quantitative estimate of drug-likeness (QED) is 0.746. The second kappa shape index (κ2) is 10.00. The topological polar surface area (TPSA) is 35.6 Å². The number of hydrogen-bond acceptors (Lipinski definition) is 3. The first-order valence-corrected chi connectivity index (χ1v) is 12.1. The van der Waals surface area contributed by atoms with Crippen LogP contribution in [0.25, 0.3) is 0 Å². The molecule has 2 aliphatic carbocycles. The van der Waals surface area contributed by atoms with Crippen LogP contribution in [0.15, 0.2) is 29.8 Å². The van der Waals surface area contributed by atoms with Crippen molar-refractivity contribution < 1.29 is 4.79 Å². The number of aryl methyl sites for hydroxylation is 2. The molecule has 0 aromatic heterocycles. The zero-order valence-electron chi connectivity index (χ0n) is 19.0. The predicted molar refractivity (Wildman–Crippen MR) is 125 cm³/mol. The lowest BCUT2D eigenvalue weighted by molar-refractivity contribution is -0.118. The minimum atomic E-state index is 0.206. The summed E-state index contributed by atoms with van der Waals surface area (Å²) in [6.07, 6.45) is 11.5. The van der Waals surface area contributed by atoms with Gasteiger partial charge < -0.3 is 10.2 Å². The Labute approximate surface area is 182 Å². The normalized spacial score (nSPS) is 25.3. The van der Waals surface area contributed by atoms with Crippen LogP contribution in [0.1, 0.15) is 62.5 Å². The van der Waals surface area contributed by atoms with Gasteiger partial charge in [-0.15, -0.1) is 0 Å². The molecule has 1 N–H and O–H groups in total. The van der Waals surface area contributed by atoms with E-state index < -0.39 is 0 Å². The lowest BCUT2D eigenvalue weighted by atomic mass is 9.84. The monoisotopic (exact) mass is 409 g/mol. The molecule has 1 saturated heterocycles. The molecule has 0 bridgehead atoms. The van der Waals surface area contributed by atoms with Crippen LogP contribution in [0.4, 0.5) is 5.69 Å². The van der Waals surface area contributed by atoms with E-state index in [0.717, 1.165) is 56.7 Å². The van der Waals surface area contributed by atoms with Crippen LogP contribution in [-0.4, -0.2) is 49.6 Å². The van der Waals surface area contributed by atoms with Crippen molar-refractivity contribution >= 4 is 11.6 Å². The van der Waals surface area contributed by atoms with Gasteiger partial charge in [0.15, 0.2) is 0 Å². The summed E-state index contributed by atoms with van der Waals surface area (Å²) in [5.41, 5.74) is 5.17. The van der Waals surface area contributed by atoms with Crippen LogP contribution in [0.5, 0.6) is 0 Å². The molecular formula is C26H39N3O. The second-order valence-electron chi connectivity index (χ2n) is 9.70. The van der Waals surface area contributed by atoms with E-state index in [0.29, 0.717) is 6.04 Å². The molecule has 0 atom stereocenters. The molecule has 1 aromatic rings. The summed E-state index contributed by atoms with van der Waals surface area (Å²) in [7, 11) is 0. The van der Waals surface area contributed by atoms with E-state index in [9.17, 15) is 4.79 Å². The third-order valence-electron chi connectivity index (χ3n) is 7.60. The number of hydrogen-bond donors (Lipinski definition) is 1. The molecule has 164 valence electrons. The summed E-state index contributed by atoms with van der Waals surface area (Å²) in [6, 6.07) is 7.27. The molecule has 1 aliphatic heterocycles. The Morgan fingerprint density at radius 1 is 1.03 bits per heavy atom. The Bertz CT molecular complexity index is 756. The minimum Gasteiger partial charge on any atom is -0.369 e. The first kappa shape index (κ1) is 21.4. The zero-order chi connectivity index (χ0) is 20.9. The van der Waals surface area contributed by atoms with Gasteiger partial charge >= 0.3 is 0 Å². The summed E-state index contributed by atoms with van der Waals surface area (Å²) in [4.78, 5) is 17.5.